The lowest BCUT2D eigenvalue weighted by Crippen LogP contribution is -2.32. The molecule has 98 valence electrons. The molecule has 1 unspecified atom stereocenters. The molecule has 0 bridgehead atoms. The van der Waals surface area contributed by atoms with E-state index in [0.717, 1.165) is 12.1 Å². The first-order chi connectivity index (χ1) is 8.54. The second kappa shape index (κ2) is 7.20. The van der Waals surface area contributed by atoms with Crippen molar-refractivity contribution in [1.82, 2.24) is 4.90 Å². The van der Waals surface area contributed by atoms with E-state index in [1.54, 1.807) is 0 Å². The summed E-state index contributed by atoms with van der Waals surface area (Å²) in [4.78, 5) is 2.36. The zero-order valence-electron chi connectivity index (χ0n) is 11.8. The van der Waals surface area contributed by atoms with Crippen LogP contribution in [0.15, 0.2) is 24.3 Å². The second-order valence-corrected chi connectivity index (χ2v) is 5.06. The molecule has 2 heteroatoms. The molecule has 0 heterocycles. The molecule has 1 N–H and O–H groups in total. The van der Waals surface area contributed by atoms with Gasteiger partial charge in [0, 0.05) is 18.2 Å². The Bertz CT molecular complexity index is 411. The van der Waals surface area contributed by atoms with Crippen LogP contribution >= 0.6 is 0 Å². The van der Waals surface area contributed by atoms with Crippen molar-refractivity contribution in [3.8, 4) is 11.8 Å². The average molecular weight is 245 g/mol. The van der Waals surface area contributed by atoms with Gasteiger partial charge in [-0.15, -0.1) is 0 Å². The molecule has 0 radical (unpaired) electrons. The largest absolute Gasteiger partial charge is 0.384 e. The van der Waals surface area contributed by atoms with Crippen LogP contribution in [0.1, 0.15) is 31.9 Å². The SMILES string of the molecule is CC(C)C(C)N(C)Cc1ccc(C#CCO)cc1. The molecule has 0 aliphatic carbocycles. The first kappa shape index (κ1) is 14.8. The Hall–Kier alpha value is -1.30. The standard InChI is InChI=1S/C16H23NO/c1-13(2)14(3)17(4)12-16-9-7-15(8-10-16)6-5-11-18/h7-10,13-14,18H,11-12H2,1-4H3. The highest BCUT2D eigenvalue weighted by Crippen LogP contribution is 2.12. The highest BCUT2D eigenvalue weighted by atomic mass is 16.2. The summed E-state index contributed by atoms with van der Waals surface area (Å²) in [7, 11) is 2.16. The van der Waals surface area contributed by atoms with Crippen LogP contribution in [0.5, 0.6) is 0 Å². The summed E-state index contributed by atoms with van der Waals surface area (Å²) in [6.45, 7) is 7.61. The molecule has 2 nitrogen and oxygen atoms in total. The fourth-order valence-corrected chi connectivity index (χ4v) is 1.78. The molecule has 0 saturated heterocycles. The van der Waals surface area contributed by atoms with Crippen LogP contribution in [-0.4, -0.2) is 29.7 Å². The molecule has 0 aromatic heterocycles. The lowest BCUT2D eigenvalue weighted by Gasteiger charge is -2.27. The minimum Gasteiger partial charge on any atom is -0.384 e. The number of aliphatic hydroxyl groups is 1. The predicted octanol–water partition coefficient (Wildman–Crippen LogP) is 2.51. The van der Waals surface area contributed by atoms with Gasteiger partial charge in [0.15, 0.2) is 0 Å². The zero-order valence-corrected chi connectivity index (χ0v) is 11.8. The number of benzene rings is 1. The lowest BCUT2D eigenvalue weighted by molar-refractivity contribution is 0.200. The van der Waals surface area contributed by atoms with E-state index in [-0.39, 0.29) is 6.61 Å². The number of aliphatic hydroxyl groups excluding tert-OH is 1. The van der Waals surface area contributed by atoms with Crippen LogP contribution in [0, 0.1) is 17.8 Å². The van der Waals surface area contributed by atoms with Gasteiger partial charge in [-0.25, -0.2) is 0 Å². The van der Waals surface area contributed by atoms with Gasteiger partial charge in [-0.3, -0.25) is 4.90 Å². The van der Waals surface area contributed by atoms with Crippen molar-refractivity contribution in [2.75, 3.05) is 13.7 Å². The molecule has 0 aliphatic heterocycles. The minimum atomic E-state index is -0.0869. The van der Waals surface area contributed by atoms with Crippen LogP contribution in [-0.2, 0) is 6.54 Å². The van der Waals surface area contributed by atoms with E-state index in [4.69, 9.17) is 5.11 Å². The molecule has 0 saturated carbocycles. The molecule has 1 aromatic rings. The second-order valence-electron chi connectivity index (χ2n) is 5.06. The predicted molar refractivity (Wildman–Crippen MR) is 76.2 cm³/mol. The van der Waals surface area contributed by atoms with Crippen LogP contribution in [0.4, 0.5) is 0 Å². The van der Waals surface area contributed by atoms with Gasteiger partial charge < -0.3 is 5.11 Å². The van der Waals surface area contributed by atoms with Gasteiger partial charge in [-0.2, -0.15) is 0 Å². The van der Waals surface area contributed by atoms with Crippen LogP contribution in [0.3, 0.4) is 0 Å². The van der Waals surface area contributed by atoms with Crippen LogP contribution < -0.4 is 0 Å². The van der Waals surface area contributed by atoms with E-state index >= 15 is 0 Å². The van der Waals surface area contributed by atoms with E-state index < -0.39 is 0 Å². The third kappa shape index (κ3) is 4.52. The molecule has 18 heavy (non-hydrogen) atoms. The maximum absolute atomic E-state index is 8.63. The monoisotopic (exact) mass is 245 g/mol. The van der Waals surface area contributed by atoms with E-state index in [2.05, 4.69) is 56.7 Å². The molecule has 0 fully saturated rings. The third-order valence-electron chi connectivity index (χ3n) is 3.36. The topological polar surface area (TPSA) is 23.5 Å². The summed E-state index contributed by atoms with van der Waals surface area (Å²) >= 11 is 0. The summed E-state index contributed by atoms with van der Waals surface area (Å²) in [5.41, 5.74) is 2.24. The van der Waals surface area contributed by atoms with Crippen LogP contribution in [0.25, 0.3) is 0 Å². The molecule has 1 atom stereocenters. The van der Waals surface area contributed by atoms with Gasteiger partial charge >= 0.3 is 0 Å². The first-order valence-corrected chi connectivity index (χ1v) is 6.43. The first-order valence-electron chi connectivity index (χ1n) is 6.43. The Morgan fingerprint density at radius 2 is 1.78 bits per heavy atom. The Labute approximate surface area is 111 Å². The molecular formula is C16H23NO. The summed E-state index contributed by atoms with van der Waals surface area (Å²) in [5.74, 6) is 6.21. The molecule has 1 rings (SSSR count). The molecule has 1 aromatic carbocycles. The number of hydrogen-bond acceptors (Lipinski definition) is 2. The highest BCUT2D eigenvalue weighted by molar-refractivity contribution is 5.36. The van der Waals surface area contributed by atoms with Gasteiger partial charge in [-0.05, 0) is 37.6 Å². The zero-order chi connectivity index (χ0) is 13.5. The summed E-state index contributed by atoms with van der Waals surface area (Å²) < 4.78 is 0. The van der Waals surface area contributed by atoms with Crippen LogP contribution in [0.2, 0.25) is 0 Å². The Balaban J connectivity index is 2.63. The van der Waals surface area contributed by atoms with Gasteiger partial charge in [0.1, 0.15) is 6.61 Å². The average Bonchev–Trinajstić information content (AvgIpc) is 2.36. The Morgan fingerprint density at radius 1 is 1.17 bits per heavy atom. The summed E-state index contributed by atoms with van der Waals surface area (Å²) in [5, 5.41) is 8.63. The van der Waals surface area contributed by atoms with Crippen molar-refractivity contribution < 1.29 is 5.11 Å². The molecule has 0 amide bonds. The number of nitrogens with zero attached hydrogens (tertiary/aromatic N) is 1. The number of rotatable bonds is 4. The normalized spacial score (nSPS) is 12.4. The van der Waals surface area contributed by atoms with Crippen molar-refractivity contribution in [2.45, 2.75) is 33.4 Å². The van der Waals surface area contributed by atoms with E-state index in [1.807, 2.05) is 12.1 Å². The van der Waals surface area contributed by atoms with Crippen molar-refractivity contribution in [1.29, 1.82) is 0 Å². The summed E-state index contributed by atoms with van der Waals surface area (Å²) in [6, 6.07) is 8.78. The summed E-state index contributed by atoms with van der Waals surface area (Å²) in [6.07, 6.45) is 0. The van der Waals surface area contributed by atoms with Gasteiger partial charge in [0.25, 0.3) is 0 Å². The van der Waals surface area contributed by atoms with Crippen molar-refractivity contribution >= 4 is 0 Å². The third-order valence-corrected chi connectivity index (χ3v) is 3.36. The van der Waals surface area contributed by atoms with Gasteiger partial charge in [0.2, 0.25) is 0 Å². The van der Waals surface area contributed by atoms with E-state index in [0.29, 0.717) is 12.0 Å². The fraction of sp³-hybridized carbons (Fsp3) is 0.500. The lowest BCUT2D eigenvalue weighted by atomic mass is 10.0. The quantitative estimate of drug-likeness (QED) is 0.824. The highest BCUT2D eigenvalue weighted by Gasteiger charge is 2.12. The Kier molecular flexibility index (Phi) is 5.91. The van der Waals surface area contributed by atoms with Crippen molar-refractivity contribution in [2.24, 2.45) is 5.92 Å². The molecular weight excluding hydrogens is 222 g/mol. The van der Waals surface area contributed by atoms with E-state index in [1.165, 1.54) is 5.56 Å². The fourth-order valence-electron chi connectivity index (χ4n) is 1.78. The number of hydrogen-bond donors (Lipinski definition) is 1. The maximum atomic E-state index is 8.63. The minimum absolute atomic E-state index is 0.0869. The maximum Gasteiger partial charge on any atom is 0.104 e. The van der Waals surface area contributed by atoms with Crippen molar-refractivity contribution in [3.05, 3.63) is 35.4 Å². The Morgan fingerprint density at radius 3 is 2.28 bits per heavy atom. The smallest absolute Gasteiger partial charge is 0.104 e. The van der Waals surface area contributed by atoms with Gasteiger partial charge in [-0.1, -0.05) is 37.8 Å². The van der Waals surface area contributed by atoms with Crippen molar-refractivity contribution in [3.63, 3.8) is 0 Å². The van der Waals surface area contributed by atoms with Gasteiger partial charge in [0.05, 0.1) is 0 Å². The molecule has 0 aliphatic rings. The van der Waals surface area contributed by atoms with E-state index in [9.17, 15) is 0 Å². The molecule has 0 spiro atoms.